The number of morpholine rings is 1. The molecule has 2 fully saturated rings. The second kappa shape index (κ2) is 11.0. The van der Waals surface area contributed by atoms with E-state index >= 15 is 0 Å². The topological polar surface area (TPSA) is 97.7 Å². The molecule has 0 spiro atoms. The van der Waals surface area contributed by atoms with Crippen LogP contribution in [0.25, 0.3) is 11.4 Å². The normalized spacial score (nSPS) is 18.9. The molecule has 0 radical (unpaired) electrons. The molecule has 1 aliphatic carbocycles. The minimum atomic E-state index is -0.494. The summed E-state index contributed by atoms with van der Waals surface area (Å²) in [4.78, 5) is 31.4. The number of aryl methyl sites for hydroxylation is 1. The van der Waals surface area contributed by atoms with Crippen LogP contribution >= 0.6 is 0 Å². The van der Waals surface area contributed by atoms with Gasteiger partial charge in [0.25, 0.3) is 5.91 Å². The fourth-order valence-electron chi connectivity index (χ4n) is 4.25. The van der Waals surface area contributed by atoms with Crippen LogP contribution in [-0.2, 0) is 20.8 Å². The summed E-state index contributed by atoms with van der Waals surface area (Å²) in [6.45, 7) is 4.73. The first kappa shape index (κ1) is 24.2. The van der Waals surface area contributed by atoms with Crippen LogP contribution in [0.2, 0.25) is 0 Å². The number of carbonyl (C=O) groups is 2. The summed E-state index contributed by atoms with van der Waals surface area (Å²) in [6.07, 6.45) is 3.51. The van der Waals surface area contributed by atoms with Crippen molar-refractivity contribution >= 4 is 12.0 Å². The number of halogens is 1. The Morgan fingerprint density at radius 3 is 2.91 bits per heavy atom. The zero-order valence-electron chi connectivity index (χ0n) is 19.6. The smallest absolute Gasteiger partial charge is 0.406 e. The summed E-state index contributed by atoms with van der Waals surface area (Å²) >= 11 is 0. The lowest BCUT2D eigenvalue weighted by Gasteiger charge is -2.33. The molecule has 1 aromatic carbocycles. The lowest BCUT2D eigenvalue weighted by Crippen LogP contribution is -2.50. The Morgan fingerprint density at radius 2 is 2.24 bits per heavy atom. The molecule has 1 aromatic heterocycles. The number of aromatic nitrogens is 2. The highest BCUT2D eigenvalue weighted by molar-refractivity contribution is 5.82. The van der Waals surface area contributed by atoms with E-state index in [4.69, 9.17) is 9.72 Å². The van der Waals surface area contributed by atoms with Gasteiger partial charge in [-0.3, -0.25) is 4.79 Å². The van der Waals surface area contributed by atoms with E-state index in [9.17, 15) is 14.0 Å². The highest BCUT2D eigenvalue weighted by atomic mass is 19.1. The van der Waals surface area contributed by atoms with Crippen molar-refractivity contribution in [1.29, 1.82) is 0 Å². The van der Waals surface area contributed by atoms with Gasteiger partial charge in [0.2, 0.25) is 0 Å². The number of nitrogens with zero attached hydrogens (tertiary/aromatic N) is 3. The average molecular weight is 474 g/mol. The van der Waals surface area contributed by atoms with Gasteiger partial charge in [0.1, 0.15) is 17.7 Å². The molecule has 4 rings (SSSR count). The number of ether oxygens (including phenoxy) is 2. The Bertz CT molecular complexity index is 1000. The molecule has 2 N–H and O–H groups in total. The highest BCUT2D eigenvalue weighted by Crippen LogP contribution is 2.36. The van der Waals surface area contributed by atoms with Crippen LogP contribution in [0.3, 0.4) is 0 Å². The number of methoxy groups -OCH3 is 1. The first-order valence-electron chi connectivity index (χ1n) is 11.8. The summed E-state index contributed by atoms with van der Waals surface area (Å²) in [5.74, 6) is 0.260. The van der Waals surface area contributed by atoms with Crippen molar-refractivity contribution in [3.8, 4) is 11.4 Å². The van der Waals surface area contributed by atoms with Crippen LogP contribution < -0.4 is 10.6 Å². The monoisotopic (exact) mass is 473 g/mol. The fourth-order valence-corrected chi connectivity index (χ4v) is 4.25. The van der Waals surface area contributed by atoms with Gasteiger partial charge in [0.05, 0.1) is 25.5 Å². The number of imidazole rings is 1. The van der Waals surface area contributed by atoms with E-state index in [1.807, 2.05) is 28.7 Å². The third kappa shape index (κ3) is 5.74. The van der Waals surface area contributed by atoms with Crippen molar-refractivity contribution in [2.24, 2.45) is 0 Å². The number of alkyl carbamates (subject to hydrolysis) is 1. The molecule has 0 unspecified atom stereocenters. The summed E-state index contributed by atoms with van der Waals surface area (Å²) in [6, 6.07) is 6.23. The number of nitrogens with one attached hydrogen (secondary N) is 2. The predicted molar refractivity (Wildman–Crippen MR) is 124 cm³/mol. The Morgan fingerprint density at radius 1 is 1.41 bits per heavy atom. The third-order valence-electron chi connectivity index (χ3n) is 6.15. The predicted octanol–water partition coefficient (Wildman–Crippen LogP) is 2.48. The minimum Gasteiger partial charge on any atom is -0.453 e. The van der Waals surface area contributed by atoms with E-state index in [2.05, 4.69) is 15.4 Å². The summed E-state index contributed by atoms with van der Waals surface area (Å²) in [7, 11) is 1.32. The fraction of sp³-hybridized carbons (Fsp3) is 0.542. The molecule has 184 valence electrons. The first-order chi connectivity index (χ1) is 16.5. The number of amides is 2. The van der Waals surface area contributed by atoms with Gasteiger partial charge in [-0.05, 0) is 38.3 Å². The largest absolute Gasteiger partial charge is 0.453 e. The average Bonchev–Trinajstić information content (AvgIpc) is 3.59. The maximum absolute atomic E-state index is 14.0. The molecule has 9 nitrogen and oxygen atoms in total. The van der Waals surface area contributed by atoms with Crippen molar-refractivity contribution in [3.63, 3.8) is 0 Å². The lowest BCUT2D eigenvalue weighted by molar-refractivity contribution is -0.148. The lowest BCUT2D eigenvalue weighted by atomic mass is 10.1. The van der Waals surface area contributed by atoms with E-state index < -0.39 is 12.2 Å². The van der Waals surface area contributed by atoms with Crippen LogP contribution in [0.5, 0.6) is 0 Å². The quantitative estimate of drug-likeness (QED) is 0.543. The van der Waals surface area contributed by atoms with Crippen LogP contribution in [0.4, 0.5) is 9.18 Å². The second-order valence-corrected chi connectivity index (χ2v) is 8.68. The van der Waals surface area contributed by atoms with Gasteiger partial charge >= 0.3 is 6.09 Å². The Hall–Kier alpha value is -2.98. The van der Waals surface area contributed by atoms with Gasteiger partial charge in [-0.2, -0.15) is 0 Å². The molecule has 34 heavy (non-hydrogen) atoms. The van der Waals surface area contributed by atoms with E-state index in [-0.39, 0.29) is 23.8 Å². The maximum atomic E-state index is 14.0. The first-order valence-corrected chi connectivity index (χ1v) is 11.8. The summed E-state index contributed by atoms with van der Waals surface area (Å²) < 4.78 is 26.3. The van der Waals surface area contributed by atoms with Gasteiger partial charge < -0.3 is 29.6 Å². The Balaban J connectivity index is 1.57. The SMILES string of the molecule is COC(=O)NCCCn1cc([C@@H](C)N(C(=O)[C@H]2CNCCO2)C2CC2)nc1-c1cccc(F)c1. The molecule has 1 aliphatic heterocycles. The molecule has 0 bridgehead atoms. The maximum Gasteiger partial charge on any atom is 0.406 e. The molecule has 2 heterocycles. The van der Waals surface area contributed by atoms with Crippen LogP contribution in [-0.4, -0.2) is 71.9 Å². The number of hydrogen-bond donors (Lipinski definition) is 2. The Kier molecular flexibility index (Phi) is 7.79. The number of carbonyl (C=O) groups excluding carboxylic acids is 2. The van der Waals surface area contributed by atoms with Crippen molar-refractivity contribution in [1.82, 2.24) is 25.1 Å². The van der Waals surface area contributed by atoms with E-state index in [0.29, 0.717) is 44.0 Å². The van der Waals surface area contributed by atoms with Crippen molar-refractivity contribution < 1.29 is 23.5 Å². The highest BCUT2D eigenvalue weighted by Gasteiger charge is 2.40. The molecule has 2 amide bonds. The van der Waals surface area contributed by atoms with E-state index in [1.54, 1.807) is 6.07 Å². The Labute approximate surface area is 198 Å². The molecule has 10 heteroatoms. The number of hydrogen-bond acceptors (Lipinski definition) is 6. The van der Waals surface area contributed by atoms with Crippen molar-refractivity contribution in [2.75, 3.05) is 33.4 Å². The molecule has 2 aliphatic rings. The second-order valence-electron chi connectivity index (χ2n) is 8.68. The van der Waals surface area contributed by atoms with Crippen LogP contribution in [0.1, 0.15) is 37.9 Å². The van der Waals surface area contributed by atoms with E-state index in [1.165, 1.54) is 19.2 Å². The van der Waals surface area contributed by atoms with Crippen molar-refractivity contribution in [3.05, 3.63) is 42.0 Å². The molecule has 2 aromatic rings. The van der Waals surface area contributed by atoms with Gasteiger partial charge in [0, 0.05) is 44.0 Å². The van der Waals surface area contributed by atoms with Crippen molar-refractivity contribution in [2.45, 2.75) is 50.9 Å². The molecule has 1 saturated carbocycles. The summed E-state index contributed by atoms with van der Waals surface area (Å²) in [5.41, 5.74) is 1.40. The zero-order chi connectivity index (χ0) is 24.1. The van der Waals surface area contributed by atoms with Crippen LogP contribution in [0, 0.1) is 5.82 Å². The van der Waals surface area contributed by atoms with Gasteiger partial charge in [-0.1, -0.05) is 12.1 Å². The molecular weight excluding hydrogens is 441 g/mol. The van der Waals surface area contributed by atoms with E-state index in [0.717, 1.165) is 25.1 Å². The molecular formula is C24H32FN5O4. The van der Waals surface area contributed by atoms with Gasteiger partial charge in [-0.25, -0.2) is 14.2 Å². The standard InChI is InChI=1S/C24H32FN5O4/c1-16(30(19-7-8-19)23(31)21-14-26-10-12-34-21)20-15-29(11-4-9-27-24(32)33-2)22(28-20)17-5-3-6-18(25)13-17/h3,5-6,13,15-16,19,21,26H,4,7-12,14H2,1-2H3,(H,27,32)/t16-,21-/m1/s1. The van der Waals surface area contributed by atoms with Gasteiger partial charge in [-0.15, -0.1) is 0 Å². The molecule has 2 atom stereocenters. The third-order valence-corrected chi connectivity index (χ3v) is 6.15. The minimum absolute atomic E-state index is 0.0219. The number of benzene rings is 1. The zero-order valence-corrected chi connectivity index (χ0v) is 19.6. The van der Waals surface area contributed by atoms with Crippen LogP contribution in [0.15, 0.2) is 30.5 Å². The molecule has 1 saturated heterocycles. The summed E-state index contributed by atoms with van der Waals surface area (Å²) in [5, 5.41) is 5.89. The van der Waals surface area contributed by atoms with Gasteiger partial charge in [0.15, 0.2) is 0 Å². The number of rotatable bonds is 9.